The van der Waals surface area contributed by atoms with E-state index in [-0.39, 0.29) is 12.5 Å². The van der Waals surface area contributed by atoms with Gasteiger partial charge < -0.3 is 10.4 Å². The Bertz CT molecular complexity index is 482. The summed E-state index contributed by atoms with van der Waals surface area (Å²) in [5.41, 5.74) is 0.251. The summed E-state index contributed by atoms with van der Waals surface area (Å²) in [5.74, 6) is -0.875. The highest BCUT2D eigenvalue weighted by molar-refractivity contribution is 5.79. The van der Waals surface area contributed by atoms with Crippen LogP contribution in [0.25, 0.3) is 0 Å². The van der Waals surface area contributed by atoms with E-state index in [4.69, 9.17) is 0 Å². The van der Waals surface area contributed by atoms with E-state index in [0.29, 0.717) is 25.7 Å². The van der Waals surface area contributed by atoms with Crippen molar-refractivity contribution in [3.8, 4) is 0 Å². The van der Waals surface area contributed by atoms with Crippen molar-refractivity contribution in [2.24, 2.45) is 5.41 Å². The van der Waals surface area contributed by atoms with Gasteiger partial charge in [-0.05, 0) is 30.9 Å². The molecule has 0 bridgehead atoms. The minimum absolute atomic E-state index is 0.0925. The molecular formula is C16H22N2O3. The number of amides is 1. The quantitative estimate of drug-likeness (QED) is 0.841. The molecule has 114 valence electrons. The van der Waals surface area contributed by atoms with E-state index < -0.39 is 11.4 Å². The molecule has 2 rings (SSSR count). The topological polar surface area (TPSA) is 79.3 Å². The van der Waals surface area contributed by atoms with Crippen LogP contribution < -0.4 is 5.32 Å². The van der Waals surface area contributed by atoms with Crippen LogP contribution in [0.4, 0.5) is 0 Å². The third-order valence-corrected chi connectivity index (χ3v) is 4.25. The molecule has 0 saturated heterocycles. The number of aliphatic carboxylic acids is 1. The second-order valence-electron chi connectivity index (χ2n) is 5.78. The Labute approximate surface area is 124 Å². The zero-order valence-electron chi connectivity index (χ0n) is 12.2. The Hall–Kier alpha value is -1.91. The number of carboxylic acids is 1. The molecule has 0 aromatic carbocycles. The van der Waals surface area contributed by atoms with E-state index in [1.54, 1.807) is 12.4 Å². The lowest BCUT2D eigenvalue weighted by Gasteiger charge is -2.33. The summed E-state index contributed by atoms with van der Waals surface area (Å²) in [5, 5.41) is 12.3. The van der Waals surface area contributed by atoms with Crippen molar-refractivity contribution in [2.75, 3.05) is 6.54 Å². The summed E-state index contributed by atoms with van der Waals surface area (Å²) in [7, 11) is 0. The Morgan fingerprint density at radius 2 is 2.05 bits per heavy atom. The van der Waals surface area contributed by atoms with E-state index in [1.165, 1.54) is 0 Å². The van der Waals surface area contributed by atoms with Crippen LogP contribution in [-0.2, 0) is 16.0 Å². The van der Waals surface area contributed by atoms with Crippen molar-refractivity contribution in [1.29, 1.82) is 0 Å². The number of aromatic nitrogens is 1. The lowest BCUT2D eigenvalue weighted by Crippen LogP contribution is -2.44. The van der Waals surface area contributed by atoms with Gasteiger partial charge in [0.15, 0.2) is 0 Å². The van der Waals surface area contributed by atoms with Crippen molar-refractivity contribution in [3.05, 3.63) is 30.1 Å². The Morgan fingerprint density at radius 3 is 2.67 bits per heavy atom. The van der Waals surface area contributed by atoms with Crippen LogP contribution in [0.1, 0.15) is 44.1 Å². The molecular weight excluding hydrogens is 268 g/mol. The molecule has 1 heterocycles. The summed E-state index contributed by atoms with van der Waals surface area (Å²) < 4.78 is 0. The number of hydrogen-bond donors (Lipinski definition) is 2. The summed E-state index contributed by atoms with van der Waals surface area (Å²) in [6.07, 6.45) is 8.69. The highest BCUT2D eigenvalue weighted by atomic mass is 16.4. The number of nitrogens with one attached hydrogen (secondary N) is 1. The van der Waals surface area contributed by atoms with Crippen molar-refractivity contribution in [3.63, 3.8) is 0 Å². The van der Waals surface area contributed by atoms with Crippen LogP contribution >= 0.6 is 0 Å². The van der Waals surface area contributed by atoms with Crippen LogP contribution in [0.3, 0.4) is 0 Å². The van der Waals surface area contributed by atoms with E-state index in [1.807, 2.05) is 12.1 Å². The summed E-state index contributed by atoms with van der Waals surface area (Å²) >= 11 is 0. The van der Waals surface area contributed by atoms with Gasteiger partial charge in [-0.15, -0.1) is 0 Å². The third kappa shape index (κ3) is 4.28. The standard InChI is InChI=1S/C16H22N2O3/c19-14(7-6-13-5-4-10-17-11-13)18-12-16(15(20)21)8-2-1-3-9-16/h4-5,10-11H,1-3,6-9,12H2,(H,18,19)(H,20,21). The van der Waals surface area contributed by atoms with Gasteiger partial charge in [-0.1, -0.05) is 25.3 Å². The van der Waals surface area contributed by atoms with E-state index in [9.17, 15) is 14.7 Å². The largest absolute Gasteiger partial charge is 0.481 e. The molecule has 0 unspecified atom stereocenters. The minimum Gasteiger partial charge on any atom is -0.481 e. The number of hydrogen-bond acceptors (Lipinski definition) is 3. The molecule has 21 heavy (non-hydrogen) atoms. The fourth-order valence-corrected chi connectivity index (χ4v) is 2.85. The third-order valence-electron chi connectivity index (χ3n) is 4.25. The predicted octanol–water partition coefficient (Wildman–Crippen LogP) is 2.17. The van der Waals surface area contributed by atoms with Crippen molar-refractivity contribution in [2.45, 2.75) is 44.9 Å². The number of carbonyl (C=O) groups is 2. The fraction of sp³-hybridized carbons (Fsp3) is 0.562. The van der Waals surface area contributed by atoms with Crippen LogP contribution in [0.5, 0.6) is 0 Å². The Kier molecular flexibility index (Phi) is 5.31. The van der Waals surface area contributed by atoms with Gasteiger partial charge in [-0.2, -0.15) is 0 Å². The van der Waals surface area contributed by atoms with Gasteiger partial charge in [0.2, 0.25) is 5.91 Å². The molecule has 1 saturated carbocycles. The molecule has 0 radical (unpaired) electrons. The Balaban J connectivity index is 1.80. The molecule has 0 atom stereocenters. The number of carbonyl (C=O) groups excluding carboxylic acids is 1. The molecule has 1 fully saturated rings. The highest BCUT2D eigenvalue weighted by Crippen LogP contribution is 2.35. The molecule has 1 amide bonds. The zero-order valence-corrected chi connectivity index (χ0v) is 12.2. The summed E-state index contributed by atoms with van der Waals surface area (Å²) in [4.78, 5) is 27.4. The molecule has 1 aromatic rings. The van der Waals surface area contributed by atoms with Crippen LogP contribution in [0, 0.1) is 5.41 Å². The van der Waals surface area contributed by atoms with Gasteiger partial charge in [-0.3, -0.25) is 14.6 Å². The van der Waals surface area contributed by atoms with Gasteiger partial charge in [-0.25, -0.2) is 0 Å². The van der Waals surface area contributed by atoms with Crippen molar-refractivity contribution < 1.29 is 14.7 Å². The molecule has 1 aliphatic rings. The monoisotopic (exact) mass is 290 g/mol. The van der Waals surface area contributed by atoms with E-state index in [0.717, 1.165) is 24.8 Å². The smallest absolute Gasteiger partial charge is 0.311 e. The zero-order chi connectivity index (χ0) is 15.1. The van der Waals surface area contributed by atoms with Crippen molar-refractivity contribution in [1.82, 2.24) is 10.3 Å². The van der Waals surface area contributed by atoms with Gasteiger partial charge in [0.05, 0.1) is 5.41 Å². The molecule has 0 spiro atoms. The first-order valence-electron chi connectivity index (χ1n) is 7.51. The second kappa shape index (κ2) is 7.20. The van der Waals surface area contributed by atoms with E-state index in [2.05, 4.69) is 10.3 Å². The molecule has 0 aliphatic heterocycles. The normalized spacial score (nSPS) is 17.1. The van der Waals surface area contributed by atoms with Gasteiger partial charge in [0, 0.05) is 25.4 Å². The summed E-state index contributed by atoms with van der Waals surface area (Å²) in [6, 6.07) is 3.77. The molecule has 5 heteroatoms. The average Bonchev–Trinajstić information content (AvgIpc) is 2.52. The maximum atomic E-state index is 11.9. The number of carboxylic acid groups (broad SMARTS) is 1. The highest BCUT2D eigenvalue weighted by Gasteiger charge is 2.39. The van der Waals surface area contributed by atoms with Gasteiger partial charge in [0.25, 0.3) is 0 Å². The molecule has 1 aromatic heterocycles. The number of aryl methyl sites for hydroxylation is 1. The first-order valence-corrected chi connectivity index (χ1v) is 7.51. The van der Waals surface area contributed by atoms with Gasteiger partial charge in [0.1, 0.15) is 0 Å². The maximum absolute atomic E-state index is 11.9. The average molecular weight is 290 g/mol. The molecule has 5 nitrogen and oxygen atoms in total. The first-order chi connectivity index (χ1) is 10.1. The van der Waals surface area contributed by atoms with Gasteiger partial charge >= 0.3 is 5.97 Å². The number of rotatable bonds is 6. The predicted molar refractivity (Wildman–Crippen MR) is 78.7 cm³/mol. The summed E-state index contributed by atoms with van der Waals surface area (Å²) in [6.45, 7) is 0.244. The number of nitrogens with zero attached hydrogens (tertiary/aromatic N) is 1. The lowest BCUT2D eigenvalue weighted by atomic mass is 9.74. The minimum atomic E-state index is -0.783. The van der Waals surface area contributed by atoms with Crippen LogP contribution in [0.2, 0.25) is 0 Å². The maximum Gasteiger partial charge on any atom is 0.311 e. The van der Waals surface area contributed by atoms with Crippen LogP contribution in [0.15, 0.2) is 24.5 Å². The SMILES string of the molecule is O=C(CCc1cccnc1)NCC1(C(=O)O)CCCCC1. The second-order valence-corrected chi connectivity index (χ2v) is 5.78. The first kappa shape index (κ1) is 15.5. The fourth-order valence-electron chi connectivity index (χ4n) is 2.85. The van der Waals surface area contributed by atoms with Crippen LogP contribution in [-0.4, -0.2) is 28.5 Å². The van der Waals surface area contributed by atoms with Crippen molar-refractivity contribution >= 4 is 11.9 Å². The van der Waals surface area contributed by atoms with E-state index >= 15 is 0 Å². The molecule has 2 N–H and O–H groups in total. The number of pyridine rings is 1. The lowest BCUT2D eigenvalue weighted by molar-refractivity contribution is -0.151. The Morgan fingerprint density at radius 1 is 1.29 bits per heavy atom. The molecule has 1 aliphatic carbocycles.